The fourth-order valence-electron chi connectivity index (χ4n) is 5.57. The Kier molecular flexibility index (Phi) is 7.14. The maximum atomic E-state index is 13.2. The van der Waals surface area contributed by atoms with E-state index in [0.29, 0.717) is 47.6 Å². The summed E-state index contributed by atoms with van der Waals surface area (Å²) in [4.78, 5) is 28.6. The van der Waals surface area contributed by atoms with Crippen molar-refractivity contribution in [2.24, 2.45) is 0 Å². The molecule has 5 nitrogen and oxygen atoms in total. The molecule has 2 aromatic rings. The highest BCUT2D eigenvalue weighted by atomic mass is 35.5. The molecule has 1 heterocycles. The molecule has 0 bridgehead atoms. The van der Waals surface area contributed by atoms with E-state index in [4.69, 9.17) is 32.7 Å². The second-order valence-electron chi connectivity index (χ2n) is 9.44. The average Bonchev–Trinajstić information content (AvgIpc) is 2.87. The van der Waals surface area contributed by atoms with Crippen LogP contribution in [0.25, 0.3) is 0 Å². The molecular weight excluding hydrogens is 497 g/mol. The van der Waals surface area contributed by atoms with Crippen LogP contribution in [0.1, 0.15) is 62.5 Å². The monoisotopic (exact) mass is 525 g/mol. The number of ketones is 2. The maximum Gasteiger partial charge on any atom is 0.161 e. The molecule has 3 aliphatic rings. The number of benzene rings is 2. The predicted octanol–water partition coefficient (Wildman–Crippen LogP) is 7.01. The number of hydrogen-bond donors (Lipinski definition) is 0. The second-order valence-corrected chi connectivity index (χ2v) is 10.3. The van der Waals surface area contributed by atoms with E-state index in [1.807, 2.05) is 38.2 Å². The molecule has 0 unspecified atom stereocenters. The van der Waals surface area contributed by atoms with Crippen LogP contribution in [0.4, 0.5) is 0 Å². The van der Waals surface area contributed by atoms with E-state index in [-0.39, 0.29) is 17.5 Å². The van der Waals surface area contributed by atoms with Crippen LogP contribution in [-0.2, 0) is 16.2 Å². The molecule has 0 atom stereocenters. The molecule has 0 amide bonds. The lowest BCUT2D eigenvalue weighted by molar-refractivity contribution is -0.117. The molecule has 7 heteroatoms. The highest BCUT2D eigenvalue weighted by Crippen LogP contribution is 2.49. The topological polar surface area (TPSA) is 55.8 Å². The molecule has 0 aromatic heterocycles. The van der Waals surface area contributed by atoms with Crippen LogP contribution in [0.2, 0.25) is 10.0 Å². The first-order valence-electron chi connectivity index (χ1n) is 12.5. The number of allylic oxidation sites excluding steroid dienone is 4. The van der Waals surface area contributed by atoms with Gasteiger partial charge in [-0.05, 0) is 68.0 Å². The van der Waals surface area contributed by atoms with Gasteiger partial charge in [-0.1, -0.05) is 35.3 Å². The summed E-state index contributed by atoms with van der Waals surface area (Å²) in [6.45, 7) is 2.67. The van der Waals surface area contributed by atoms with E-state index in [2.05, 4.69) is 4.90 Å². The van der Waals surface area contributed by atoms with Crippen molar-refractivity contribution in [2.45, 2.75) is 58.0 Å². The zero-order valence-electron chi connectivity index (χ0n) is 20.5. The van der Waals surface area contributed by atoms with E-state index in [9.17, 15) is 9.59 Å². The molecule has 2 aliphatic carbocycles. The summed E-state index contributed by atoms with van der Waals surface area (Å²) in [7, 11) is 2.00. The van der Waals surface area contributed by atoms with Crippen molar-refractivity contribution in [3.63, 3.8) is 0 Å². The van der Waals surface area contributed by atoms with Crippen LogP contribution in [0.15, 0.2) is 58.9 Å². The zero-order chi connectivity index (χ0) is 25.4. The van der Waals surface area contributed by atoms with Crippen molar-refractivity contribution >= 4 is 34.8 Å². The maximum absolute atomic E-state index is 13.2. The number of ether oxygens (including phenoxy) is 2. The van der Waals surface area contributed by atoms with Crippen molar-refractivity contribution in [1.82, 2.24) is 4.90 Å². The Morgan fingerprint density at radius 3 is 2.11 bits per heavy atom. The molecule has 0 fully saturated rings. The fourth-order valence-corrected chi connectivity index (χ4v) is 5.89. The number of carbonyl (C=O) groups is 2. The van der Waals surface area contributed by atoms with Crippen LogP contribution in [0.3, 0.4) is 0 Å². The van der Waals surface area contributed by atoms with Crippen molar-refractivity contribution in [1.29, 1.82) is 0 Å². The minimum Gasteiger partial charge on any atom is -0.490 e. The zero-order valence-corrected chi connectivity index (χ0v) is 22.0. The Hall–Kier alpha value is -2.76. The summed E-state index contributed by atoms with van der Waals surface area (Å²) >= 11 is 12.2. The molecule has 188 valence electrons. The third kappa shape index (κ3) is 4.55. The SMILES string of the molecule is CCOc1cc(C2C3=C(CCCC3=O)N(C)C3=C2C(=O)CCC3)ccc1OCc1ccc(Cl)c(Cl)c1. The highest BCUT2D eigenvalue weighted by molar-refractivity contribution is 6.42. The van der Waals surface area contributed by atoms with Crippen molar-refractivity contribution in [2.75, 3.05) is 13.7 Å². The molecular formula is C29H29Cl2NO4. The average molecular weight is 526 g/mol. The van der Waals surface area contributed by atoms with E-state index < -0.39 is 0 Å². The van der Waals surface area contributed by atoms with Gasteiger partial charge in [0.25, 0.3) is 0 Å². The molecule has 2 aromatic carbocycles. The van der Waals surface area contributed by atoms with Gasteiger partial charge in [-0.25, -0.2) is 0 Å². The Labute approximate surface area is 221 Å². The van der Waals surface area contributed by atoms with Crippen molar-refractivity contribution < 1.29 is 19.1 Å². The van der Waals surface area contributed by atoms with Gasteiger partial charge in [0.15, 0.2) is 23.1 Å². The number of Topliss-reactive ketones (excluding diaryl/α,β-unsaturated/α-hetero) is 2. The quantitative estimate of drug-likeness (QED) is 0.405. The minimum absolute atomic E-state index is 0.135. The number of rotatable bonds is 6. The van der Waals surface area contributed by atoms with Crippen LogP contribution in [-0.4, -0.2) is 30.1 Å². The third-order valence-corrected chi connectivity index (χ3v) is 7.96. The van der Waals surface area contributed by atoms with Gasteiger partial charge in [-0.3, -0.25) is 9.59 Å². The molecule has 0 spiro atoms. The van der Waals surface area contributed by atoms with Gasteiger partial charge in [0.2, 0.25) is 0 Å². The molecule has 0 saturated heterocycles. The molecule has 0 saturated carbocycles. The summed E-state index contributed by atoms with van der Waals surface area (Å²) in [5.41, 5.74) is 5.43. The predicted molar refractivity (Wildman–Crippen MR) is 141 cm³/mol. The summed E-state index contributed by atoms with van der Waals surface area (Å²) in [6.07, 6.45) is 4.42. The Morgan fingerprint density at radius 1 is 0.833 bits per heavy atom. The Balaban J connectivity index is 1.54. The first kappa shape index (κ1) is 24.9. The third-order valence-electron chi connectivity index (χ3n) is 7.22. The fraction of sp³-hybridized carbons (Fsp3) is 0.379. The van der Waals surface area contributed by atoms with Gasteiger partial charge in [-0.15, -0.1) is 0 Å². The van der Waals surface area contributed by atoms with Gasteiger partial charge in [0.1, 0.15) is 6.61 Å². The largest absolute Gasteiger partial charge is 0.490 e. The van der Waals surface area contributed by atoms with Crippen molar-refractivity contribution in [3.8, 4) is 11.5 Å². The standard InChI is InChI=1S/C29H29Cl2NO4/c1-3-35-26-15-18(11-13-25(26)36-16-17-10-12-19(30)20(31)14-17)27-28-21(6-4-8-23(28)33)32(2)22-7-5-9-24(34)29(22)27/h10-15,27H,3-9,16H2,1-2H3. The highest BCUT2D eigenvalue weighted by Gasteiger charge is 2.42. The number of hydrogen-bond acceptors (Lipinski definition) is 5. The summed E-state index contributed by atoms with van der Waals surface area (Å²) < 4.78 is 12.1. The smallest absolute Gasteiger partial charge is 0.161 e. The van der Waals surface area contributed by atoms with E-state index in [0.717, 1.165) is 59.4 Å². The Morgan fingerprint density at radius 2 is 1.50 bits per heavy atom. The molecule has 5 rings (SSSR count). The molecule has 0 radical (unpaired) electrons. The molecule has 1 aliphatic heterocycles. The van der Waals surface area contributed by atoms with Crippen molar-refractivity contribution in [3.05, 3.63) is 80.1 Å². The van der Waals surface area contributed by atoms with Gasteiger partial charge < -0.3 is 14.4 Å². The van der Waals surface area contributed by atoms with Crippen LogP contribution >= 0.6 is 23.2 Å². The van der Waals surface area contributed by atoms with Gasteiger partial charge in [0.05, 0.1) is 16.7 Å². The van der Waals surface area contributed by atoms with Crippen LogP contribution in [0, 0.1) is 0 Å². The van der Waals surface area contributed by atoms with Crippen LogP contribution < -0.4 is 9.47 Å². The summed E-state index contributed by atoms with van der Waals surface area (Å²) in [5, 5.41) is 0.970. The molecule has 36 heavy (non-hydrogen) atoms. The number of carbonyl (C=O) groups excluding carboxylic acids is 2. The number of halogens is 2. The van der Waals surface area contributed by atoms with Gasteiger partial charge in [-0.2, -0.15) is 0 Å². The van der Waals surface area contributed by atoms with Crippen LogP contribution in [0.5, 0.6) is 11.5 Å². The lowest BCUT2D eigenvalue weighted by Crippen LogP contribution is -2.37. The summed E-state index contributed by atoms with van der Waals surface area (Å²) in [6, 6.07) is 11.2. The first-order chi connectivity index (χ1) is 17.4. The van der Waals surface area contributed by atoms with E-state index >= 15 is 0 Å². The van der Waals surface area contributed by atoms with Gasteiger partial charge >= 0.3 is 0 Å². The summed E-state index contributed by atoms with van der Waals surface area (Å²) in [5.74, 6) is 1.08. The second kappa shape index (κ2) is 10.3. The first-order valence-corrected chi connectivity index (χ1v) is 13.2. The minimum atomic E-state index is -0.366. The van der Waals surface area contributed by atoms with E-state index in [1.54, 1.807) is 12.1 Å². The lowest BCUT2D eigenvalue weighted by atomic mass is 9.71. The van der Waals surface area contributed by atoms with E-state index in [1.165, 1.54) is 0 Å². The Bertz CT molecular complexity index is 1250. The normalized spacial score (nSPS) is 18.4. The molecule has 0 N–H and O–H groups in total. The number of nitrogens with zero attached hydrogens (tertiary/aromatic N) is 1. The lowest BCUT2D eigenvalue weighted by Gasteiger charge is -2.42. The van der Waals surface area contributed by atoms with Gasteiger partial charge in [0, 0.05) is 48.3 Å².